The molecule has 86 valence electrons. The molecule has 0 unspecified atom stereocenters. The van der Waals surface area contributed by atoms with Gasteiger partial charge in [-0.1, -0.05) is 29.8 Å². The van der Waals surface area contributed by atoms with Crippen LogP contribution in [0.1, 0.15) is 12.0 Å². The highest BCUT2D eigenvalue weighted by Crippen LogP contribution is 2.16. The summed E-state index contributed by atoms with van der Waals surface area (Å²) >= 11 is 6.01. The maximum atomic E-state index is 11.9. The van der Waals surface area contributed by atoms with Crippen LogP contribution in [0.2, 0.25) is 5.02 Å². The Labute approximate surface area is 100.0 Å². The Morgan fingerprint density at radius 3 is 2.94 bits per heavy atom. The zero-order chi connectivity index (χ0) is 11.4. The monoisotopic (exact) mass is 239 g/mol. The van der Waals surface area contributed by atoms with Gasteiger partial charge >= 0.3 is 0 Å². The van der Waals surface area contributed by atoms with Gasteiger partial charge in [-0.05, 0) is 18.1 Å². The Hall–Kier alpha value is -1.06. The summed E-state index contributed by atoms with van der Waals surface area (Å²) < 4.78 is 5.24. The van der Waals surface area contributed by atoms with E-state index in [2.05, 4.69) is 0 Å². The summed E-state index contributed by atoms with van der Waals surface area (Å²) in [5, 5.41) is 0.647. The third kappa shape index (κ3) is 2.74. The van der Waals surface area contributed by atoms with Crippen LogP contribution in [0.25, 0.3) is 0 Å². The van der Waals surface area contributed by atoms with E-state index in [4.69, 9.17) is 16.3 Å². The van der Waals surface area contributed by atoms with Crippen LogP contribution in [0.4, 0.5) is 0 Å². The molecule has 1 heterocycles. The first kappa shape index (κ1) is 11.4. The first-order chi connectivity index (χ1) is 7.77. The number of carbonyl (C=O) groups excluding carboxylic acids is 1. The lowest BCUT2D eigenvalue weighted by Crippen LogP contribution is -2.39. The van der Waals surface area contributed by atoms with Gasteiger partial charge in [-0.3, -0.25) is 4.79 Å². The van der Waals surface area contributed by atoms with Crippen LogP contribution < -0.4 is 0 Å². The molecule has 1 saturated heterocycles. The van der Waals surface area contributed by atoms with Crippen LogP contribution in [0.3, 0.4) is 0 Å². The van der Waals surface area contributed by atoms with Gasteiger partial charge in [-0.15, -0.1) is 0 Å². The maximum absolute atomic E-state index is 11.9. The molecule has 0 aromatic heterocycles. The van der Waals surface area contributed by atoms with Gasteiger partial charge in [0.25, 0.3) is 0 Å². The lowest BCUT2D eigenvalue weighted by molar-refractivity contribution is -0.139. The second-order valence-corrected chi connectivity index (χ2v) is 4.22. The summed E-state index contributed by atoms with van der Waals surface area (Å²) in [4.78, 5) is 13.6. The molecule has 0 N–H and O–H groups in total. The quantitative estimate of drug-likeness (QED) is 0.791. The van der Waals surface area contributed by atoms with Gasteiger partial charge in [0.2, 0.25) is 5.91 Å². The molecule has 2 rings (SSSR count). The van der Waals surface area contributed by atoms with Gasteiger partial charge in [-0.25, -0.2) is 0 Å². The fourth-order valence-electron chi connectivity index (χ4n) is 1.71. The van der Waals surface area contributed by atoms with Crippen LogP contribution in [0.5, 0.6) is 0 Å². The number of hydrogen-bond acceptors (Lipinski definition) is 2. The molecule has 0 atom stereocenters. The fourth-order valence-corrected chi connectivity index (χ4v) is 1.91. The molecular weight excluding hydrogens is 226 g/mol. The lowest BCUT2D eigenvalue weighted by atomic mass is 10.1. The highest BCUT2D eigenvalue weighted by molar-refractivity contribution is 6.31. The van der Waals surface area contributed by atoms with E-state index in [1.54, 1.807) is 11.0 Å². The highest BCUT2D eigenvalue weighted by Gasteiger charge is 2.17. The van der Waals surface area contributed by atoms with Crippen LogP contribution in [0, 0.1) is 0 Å². The Morgan fingerprint density at radius 2 is 2.25 bits per heavy atom. The number of benzene rings is 1. The predicted molar refractivity (Wildman–Crippen MR) is 62.3 cm³/mol. The van der Waals surface area contributed by atoms with Crippen LogP contribution in [-0.2, 0) is 16.0 Å². The molecule has 1 aliphatic heterocycles. The summed E-state index contributed by atoms with van der Waals surface area (Å²) in [6.07, 6.45) is 1.26. The molecule has 0 aliphatic carbocycles. The second-order valence-electron chi connectivity index (χ2n) is 3.82. The van der Waals surface area contributed by atoms with E-state index in [1.165, 1.54) is 0 Å². The van der Waals surface area contributed by atoms with E-state index in [0.717, 1.165) is 25.1 Å². The molecule has 1 aliphatic rings. The van der Waals surface area contributed by atoms with Crippen molar-refractivity contribution in [1.82, 2.24) is 4.90 Å². The van der Waals surface area contributed by atoms with Crippen LogP contribution in [-0.4, -0.2) is 30.7 Å². The number of amides is 1. The van der Waals surface area contributed by atoms with Gasteiger partial charge in [0, 0.05) is 11.6 Å². The lowest BCUT2D eigenvalue weighted by Gasteiger charge is -2.26. The SMILES string of the molecule is O=C(Cc1ccccc1Cl)N1CCCOC1. The first-order valence-electron chi connectivity index (χ1n) is 5.36. The van der Waals surface area contributed by atoms with Crippen molar-refractivity contribution < 1.29 is 9.53 Å². The molecule has 16 heavy (non-hydrogen) atoms. The van der Waals surface area contributed by atoms with Crippen molar-refractivity contribution in [2.75, 3.05) is 19.9 Å². The Bertz CT molecular complexity index is 375. The van der Waals surface area contributed by atoms with Gasteiger partial charge in [0.1, 0.15) is 6.73 Å². The molecule has 4 heteroatoms. The van der Waals surface area contributed by atoms with E-state index in [9.17, 15) is 4.79 Å². The maximum Gasteiger partial charge on any atom is 0.228 e. The van der Waals surface area contributed by atoms with Gasteiger partial charge in [0.05, 0.1) is 13.0 Å². The number of halogens is 1. The highest BCUT2D eigenvalue weighted by atomic mass is 35.5. The number of nitrogens with zero attached hydrogens (tertiary/aromatic N) is 1. The molecule has 0 bridgehead atoms. The van der Waals surface area contributed by atoms with E-state index in [1.807, 2.05) is 18.2 Å². The molecular formula is C12H14ClNO2. The average molecular weight is 240 g/mol. The number of ether oxygens (including phenoxy) is 1. The molecule has 1 aromatic rings. The fraction of sp³-hybridized carbons (Fsp3) is 0.417. The summed E-state index contributed by atoms with van der Waals surface area (Å²) in [5.74, 6) is 0.0767. The number of rotatable bonds is 2. The Kier molecular flexibility index (Phi) is 3.80. The van der Waals surface area contributed by atoms with Crippen molar-refractivity contribution >= 4 is 17.5 Å². The van der Waals surface area contributed by atoms with E-state index in [-0.39, 0.29) is 5.91 Å². The summed E-state index contributed by atoms with van der Waals surface area (Å²) in [6, 6.07) is 7.43. The van der Waals surface area contributed by atoms with Crippen molar-refractivity contribution in [2.24, 2.45) is 0 Å². The largest absolute Gasteiger partial charge is 0.361 e. The molecule has 0 radical (unpaired) electrons. The summed E-state index contributed by atoms with van der Waals surface area (Å²) in [7, 11) is 0. The zero-order valence-corrected chi connectivity index (χ0v) is 9.74. The molecule has 1 aromatic carbocycles. The summed E-state index contributed by atoms with van der Waals surface area (Å²) in [6.45, 7) is 1.93. The third-order valence-electron chi connectivity index (χ3n) is 2.62. The standard InChI is InChI=1S/C12H14ClNO2/c13-11-5-2-1-4-10(11)8-12(15)14-6-3-7-16-9-14/h1-2,4-5H,3,6-9H2. The zero-order valence-electron chi connectivity index (χ0n) is 8.99. The smallest absolute Gasteiger partial charge is 0.228 e. The minimum Gasteiger partial charge on any atom is -0.361 e. The van der Waals surface area contributed by atoms with Crippen molar-refractivity contribution in [1.29, 1.82) is 0 Å². The van der Waals surface area contributed by atoms with E-state index < -0.39 is 0 Å². The van der Waals surface area contributed by atoms with Crippen molar-refractivity contribution in [2.45, 2.75) is 12.8 Å². The van der Waals surface area contributed by atoms with Crippen molar-refractivity contribution in [3.8, 4) is 0 Å². The molecule has 0 saturated carbocycles. The summed E-state index contributed by atoms with van der Waals surface area (Å²) in [5.41, 5.74) is 0.875. The molecule has 0 spiro atoms. The second kappa shape index (κ2) is 5.32. The predicted octanol–water partition coefficient (Wildman–Crippen LogP) is 2.09. The average Bonchev–Trinajstić information content (AvgIpc) is 2.33. The third-order valence-corrected chi connectivity index (χ3v) is 2.98. The molecule has 3 nitrogen and oxygen atoms in total. The van der Waals surface area contributed by atoms with Crippen molar-refractivity contribution in [3.63, 3.8) is 0 Å². The first-order valence-corrected chi connectivity index (χ1v) is 5.74. The minimum absolute atomic E-state index is 0.0767. The van der Waals surface area contributed by atoms with Crippen LogP contribution in [0.15, 0.2) is 24.3 Å². The Balaban J connectivity index is 1.99. The Morgan fingerprint density at radius 1 is 1.44 bits per heavy atom. The number of carbonyl (C=O) groups is 1. The van der Waals surface area contributed by atoms with Gasteiger partial charge < -0.3 is 9.64 Å². The topological polar surface area (TPSA) is 29.5 Å². The van der Waals surface area contributed by atoms with E-state index >= 15 is 0 Å². The van der Waals surface area contributed by atoms with Crippen molar-refractivity contribution in [3.05, 3.63) is 34.9 Å². The molecule has 1 amide bonds. The molecule has 1 fully saturated rings. The van der Waals surface area contributed by atoms with E-state index in [0.29, 0.717) is 18.2 Å². The van der Waals surface area contributed by atoms with Gasteiger partial charge in [0.15, 0.2) is 0 Å². The van der Waals surface area contributed by atoms with Crippen LogP contribution >= 0.6 is 11.6 Å². The minimum atomic E-state index is 0.0767. The van der Waals surface area contributed by atoms with Gasteiger partial charge in [-0.2, -0.15) is 0 Å². The number of hydrogen-bond donors (Lipinski definition) is 0. The normalized spacial score (nSPS) is 16.2.